The second kappa shape index (κ2) is 7.75. The zero-order chi connectivity index (χ0) is 17.6. The molecule has 0 bridgehead atoms. The highest BCUT2D eigenvalue weighted by atomic mass is 16.1. The number of aromatic nitrogens is 3. The molecule has 3 aromatic rings. The lowest BCUT2D eigenvalue weighted by Gasteiger charge is -2.07. The molecule has 0 radical (unpaired) electrons. The van der Waals surface area contributed by atoms with Crippen LogP contribution in [0.2, 0.25) is 0 Å². The van der Waals surface area contributed by atoms with E-state index < -0.39 is 0 Å². The van der Waals surface area contributed by atoms with E-state index in [2.05, 4.69) is 34.5 Å². The Balaban J connectivity index is 1.49. The van der Waals surface area contributed by atoms with E-state index in [1.807, 2.05) is 37.5 Å². The Bertz CT molecular complexity index is 852. The highest BCUT2D eigenvalue weighted by Crippen LogP contribution is 2.15. The first-order chi connectivity index (χ1) is 12.1. The lowest BCUT2D eigenvalue weighted by molar-refractivity contribution is -0.121. The summed E-state index contributed by atoms with van der Waals surface area (Å²) in [6.45, 7) is 2.57. The molecular formula is C20H22N4O. The standard InChI is InChI=1S/C20H22N4O/c1-15-5-3-4-6-17(15)8-10-20(25)22-12-16-7-9-19(21-11-16)18-13-23-24(2)14-18/h3-7,9,11,13-14H,8,10,12H2,1-2H3,(H,22,25). The Labute approximate surface area is 147 Å². The molecule has 5 heteroatoms. The first-order valence-electron chi connectivity index (χ1n) is 8.37. The molecule has 5 nitrogen and oxygen atoms in total. The first kappa shape index (κ1) is 16.9. The van der Waals surface area contributed by atoms with Crippen LogP contribution in [0.15, 0.2) is 55.0 Å². The number of benzene rings is 1. The molecule has 1 N–H and O–H groups in total. The Morgan fingerprint density at radius 2 is 2.00 bits per heavy atom. The average Bonchev–Trinajstić information content (AvgIpc) is 3.06. The van der Waals surface area contributed by atoms with Crippen molar-refractivity contribution in [1.82, 2.24) is 20.1 Å². The monoisotopic (exact) mass is 334 g/mol. The molecule has 0 fully saturated rings. The van der Waals surface area contributed by atoms with Crippen molar-refractivity contribution in [2.75, 3.05) is 0 Å². The number of hydrogen-bond donors (Lipinski definition) is 1. The summed E-state index contributed by atoms with van der Waals surface area (Å²) < 4.78 is 1.75. The van der Waals surface area contributed by atoms with Gasteiger partial charge in [-0.25, -0.2) is 0 Å². The van der Waals surface area contributed by atoms with Crippen molar-refractivity contribution in [2.24, 2.45) is 7.05 Å². The SMILES string of the molecule is Cc1ccccc1CCC(=O)NCc1ccc(-c2cnn(C)c2)nc1. The number of amides is 1. The fraction of sp³-hybridized carbons (Fsp3) is 0.250. The minimum atomic E-state index is 0.0552. The van der Waals surface area contributed by atoms with Gasteiger partial charge in [-0.2, -0.15) is 5.10 Å². The minimum absolute atomic E-state index is 0.0552. The van der Waals surface area contributed by atoms with Gasteiger partial charge in [0.05, 0.1) is 11.9 Å². The molecule has 25 heavy (non-hydrogen) atoms. The van der Waals surface area contributed by atoms with Crippen LogP contribution < -0.4 is 5.32 Å². The van der Waals surface area contributed by atoms with E-state index in [0.29, 0.717) is 13.0 Å². The van der Waals surface area contributed by atoms with Crippen molar-refractivity contribution >= 4 is 5.91 Å². The number of hydrogen-bond acceptors (Lipinski definition) is 3. The van der Waals surface area contributed by atoms with Crippen LogP contribution in [0.4, 0.5) is 0 Å². The molecule has 1 aromatic carbocycles. The molecule has 2 aromatic heterocycles. The maximum Gasteiger partial charge on any atom is 0.220 e. The summed E-state index contributed by atoms with van der Waals surface area (Å²) in [5.41, 5.74) is 5.29. The Hall–Kier alpha value is -2.95. The van der Waals surface area contributed by atoms with E-state index in [0.717, 1.165) is 23.2 Å². The fourth-order valence-corrected chi connectivity index (χ4v) is 2.68. The van der Waals surface area contributed by atoms with Gasteiger partial charge in [0.1, 0.15) is 0 Å². The van der Waals surface area contributed by atoms with E-state index in [1.54, 1.807) is 17.1 Å². The molecule has 2 heterocycles. The zero-order valence-electron chi connectivity index (χ0n) is 14.6. The second-order valence-corrected chi connectivity index (χ2v) is 6.16. The van der Waals surface area contributed by atoms with Gasteiger partial charge in [-0.1, -0.05) is 30.3 Å². The number of carbonyl (C=O) groups excluding carboxylic acids is 1. The highest BCUT2D eigenvalue weighted by molar-refractivity contribution is 5.76. The van der Waals surface area contributed by atoms with E-state index in [-0.39, 0.29) is 5.91 Å². The Morgan fingerprint density at radius 1 is 1.16 bits per heavy atom. The molecule has 3 rings (SSSR count). The second-order valence-electron chi connectivity index (χ2n) is 6.16. The van der Waals surface area contributed by atoms with Gasteiger partial charge in [0.15, 0.2) is 0 Å². The number of pyridine rings is 1. The van der Waals surface area contributed by atoms with Gasteiger partial charge in [0.2, 0.25) is 5.91 Å². The van der Waals surface area contributed by atoms with Crippen molar-refractivity contribution in [3.8, 4) is 11.3 Å². The van der Waals surface area contributed by atoms with Gasteiger partial charge in [-0.15, -0.1) is 0 Å². The van der Waals surface area contributed by atoms with Crippen LogP contribution >= 0.6 is 0 Å². The van der Waals surface area contributed by atoms with Gasteiger partial charge >= 0.3 is 0 Å². The predicted octanol–water partition coefficient (Wildman–Crippen LogP) is 3.04. The number of nitrogens with one attached hydrogen (secondary N) is 1. The first-order valence-corrected chi connectivity index (χ1v) is 8.37. The molecule has 0 aliphatic rings. The average molecular weight is 334 g/mol. The van der Waals surface area contributed by atoms with E-state index in [9.17, 15) is 4.79 Å². The number of carbonyl (C=O) groups is 1. The van der Waals surface area contributed by atoms with Gasteiger partial charge in [0, 0.05) is 38.0 Å². The molecular weight excluding hydrogens is 312 g/mol. The van der Waals surface area contributed by atoms with Crippen LogP contribution in [0.5, 0.6) is 0 Å². The van der Waals surface area contributed by atoms with Crippen molar-refractivity contribution in [2.45, 2.75) is 26.3 Å². The Morgan fingerprint density at radius 3 is 2.68 bits per heavy atom. The van der Waals surface area contributed by atoms with Crippen LogP contribution in [-0.2, 0) is 24.8 Å². The van der Waals surface area contributed by atoms with Gasteiger partial charge in [-0.3, -0.25) is 14.5 Å². The smallest absolute Gasteiger partial charge is 0.220 e. The molecule has 128 valence electrons. The van der Waals surface area contributed by atoms with Gasteiger partial charge < -0.3 is 5.32 Å². The predicted molar refractivity (Wildman–Crippen MR) is 97.8 cm³/mol. The maximum absolute atomic E-state index is 12.0. The third kappa shape index (κ3) is 4.53. The lowest BCUT2D eigenvalue weighted by Crippen LogP contribution is -2.23. The van der Waals surface area contributed by atoms with E-state index >= 15 is 0 Å². The van der Waals surface area contributed by atoms with Crippen LogP contribution in [-0.4, -0.2) is 20.7 Å². The van der Waals surface area contributed by atoms with Crippen LogP contribution in [0.25, 0.3) is 11.3 Å². The molecule has 0 saturated heterocycles. The third-order valence-electron chi connectivity index (χ3n) is 4.20. The summed E-state index contributed by atoms with van der Waals surface area (Å²) in [5, 5.41) is 7.10. The molecule has 0 atom stereocenters. The van der Waals surface area contributed by atoms with Crippen molar-refractivity contribution in [1.29, 1.82) is 0 Å². The van der Waals surface area contributed by atoms with Gasteiger partial charge in [-0.05, 0) is 36.1 Å². The number of nitrogens with zero attached hydrogens (tertiary/aromatic N) is 3. The van der Waals surface area contributed by atoms with Crippen LogP contribution in [0.3, 0.4) is 0 Å². The van der Waals surface area contributed by atoms with Crippen molar-refractivity contribution in [3.63, 3.8) is 0 Å². The molecule has 0 saturated carbocycles. The topological polar surface area (TPSA) is 59.8 Å². The van der Waals surface area contributed by atoms with Crippen LogP contribution in [0.1, 0.15) is 23.1 Å². The molecule has 0 spiro atoms. The molecule has 0 aliphatic heterocycles. The molecule has 0 aliphatic carbocycles. The van der Waals surface area contributed by atoms with Crippen molar-refractivity contribution in [3.05, 3.63) is 71.7 Å². The lowest BCUT2D eigenvalue weighted by atomic mass is 10.0. The molecule has 1 amide bonds. The molecule has 0 unspecified atom stereocenters. The minimum Gasteiger partial charge on any atom is -0.352 e. The number of aryl methyl sites for hydroxylation is 3. The Kier molecular flexibility index (Phi) is 5.23. The zero-order valence-corrected chi connectivity index (χ0v) is 14.6. The number of rotatable bonds is 6. The van der Waals surface area contributed by atoms with Crippen LogP contribution in [0, 0.1) is 6.92 Å². The highest BCUT2D eigenvalue weighted by Gasteiger charge is 2.05. The third-order valence-corrected chi connectivity index (χ3v) is 4.20. The summed E-state index contributed by atoms with van der Waals surface area (Å²) >= 11 is 0. The largest absolute Gasteiger partial charge is 0.352 e. The summed E-state index contributed by atoms with van der Waals surface area (Å²) in [6.07, 6.45) is 6.76. The van der Waals surface area contributed by atoms with Gasteiger partial charge in [0.25, 0.3) is 0 Å². The van der Waals surface area contributed by atoms with E-state index in [4.69, 9.17) is 0 Å². The summed E-state index contributed by atoms with van der Waals surface area (Å²) in [5.74, 6) is 0.0552. The fourth-order valence-electron chi connectivity index (χ4n) is 2.68. The van der Waals surface area contributed by atoms with Crippen molar-refractivity contribution < 1.29 is 4.79 Å². The van der Waals surface area contributed by atoms with E-state index in [1.165, 1.54) is 11.1 Å². The quantitative estimate of drug-likeness (QED) is 0.754. The maximum atomic E-state index is 12.0. The normalized spacial score (nSPS) is 10.6. The summed E-state index contributed by atoms with van der Waals surface area (Å²) in [4.78, 5) is 16.5. The summed E-state index contributed by atoms with van der Waals surface area (Å²) in [6, 6.07) is 12.1. The summed E-state index contributed by atoms with van der Waals surface area (Å²) in [7, 11) is 1.88.